The van der Waals surface area contributed by atoms with Crippen LogP contribution < -0.4 is 14.5 Å². The zero-order valence-corrected chi connectivity index (χ0v) is 18.7. The lowest BCUT2D eigenvalue weighted by atomic mass is 10.1. The molecule has 0 amide bonds. The molecule has 2 heterocycles. The van der Waals surface area contributed by atoms with Crippen molar-refractivity contribution in [1.82, 2.24) is 4.98 Å². The zero-order valence-electron chi connectivity index (χ0n) is 17.9. The van der Waals surface area contributed by atoms with E-state index in [0.29, 0.717) is 37.4 Å². The maximum atomic E-state index is 13.6. The fourth-order valence-electron chi connectivity index (χ4n) is 3.84. The molecule has 172 valence electrons. The number of hydrogen-bond donors (Lipinski definition) is 2. The minimum atomic E-state index is -4.09. The summed E-state index contributed by atoms with van der Waals surface area (Å²) < 4.78 is 41.5. The van der Waals surface area contributed by atoms with Gasteiger partial charge < -0.3 is 14.9 Å². The van der Waals surface area contributed by atoms with Gasteiger partial charge in [-0.1, -0.05) is 12.1 Å². The first-order chi connectivity index (χ1) is 15.7. The number of nitrogens with zero attached hydrogens (tertiary/aromatic N) is 3. The van der Waals surface area contributed by atoms with Gasteiger partial charge in [0.25, 0.3) is 10.0 Å². The van der Waals surface area contributed by atoms with E-state index in [9.17, 15) is 22.7 Å². The van der Waals surface area contributed by atoms with Crippen molar-refractivity contribution >= 4 is 33.2 Å². The van der Waals surface area contributed by atoms with E-state index in [1.165, 1.54) is 24.3 Å². The highest BCUT2D eigenvalue weighted by Gasteiger charge is 2.24. The number of carboxylic acid groups (broad SMARTS) is 1. The lowest BCUT2D eigenvalue weighted by molar-refractivity contribution is 0.0697. The third kappa shape index (κ3) is 4.90. The van der Waals surface area contributed by atoms with Gasteiger partial charge in [-0.05, 0) is 55.0 Å². The molecule has 1 aliphatic heterocycles. The molecule has 0 spiro atoms. The minimum Gasteiger partial charge on any atom is -0.478 e. The van der Waals surface area contributed by atoms with Crippen molar-refractivity contribution in [2.45, 2.75) is 11.8 Å². The van der Waals surface area contributed by atoms with Crippen LogP contribution in [0.4, 0.5) is 21.6 Å². The molecule has 8 nitrogen and oxygen atoms in total. The number of anilines is 3. The summed E-state index contributed by atoms with van der Waals surface area (Å²) in [6.07, 6.45) is 1.73. The summed E-state index contributed by atoms with van der Waals surface area (Å²) in [6, 6.07) is 13.6. The summed E-state index contributed by atoms with van der Waals surface area (Å²) in [7, 11) is -4.09. The lowest BCUT2D eigenvalue weighted by Crippen LogP contribution is -2.47. The maximum absolute atomic E-state index is 13.6. The summed E-state index contributed by atoms with van der Waals surface area (Å²) in [4.78, 5) is 20.2. The molecule has 1 saturated heterocycles. The van der Waals surface area contributed by atoms with E-state index in [-0.39, 0.29) is 16.1 Å². The van der Waals surface area contributed by atoms with E-state index < -0.39 is 21.8 Å². The molecule has 4 rings (SSSR count). The molecule has 0 aliphatic carbocycles. The van der Waals surface area contributed by atoms with Gasteiger partial charge >= 0.3 is 5.97 Å². The highest BCUT2D eigenvalue weighted by atomic mass is 32.2. The van der Waals surface area contributed by atoms with Gasteiger partial charge in [-0.2, -0.15) is 0 Å². The highest BCUT2D eigenvalue weighted by molar-refractivity contribution is 7.92. The molecule has 1 aliphatic rings. The molecule has 1 fully saturated rings. The van der Waals surface area contributed by atoms with Gasteiger partial charge in [0.15, 0.2) is 0 Å². The number of piperazine rings is 1. The van der Waals surface area contributed by atoms with Crippen molar-refractivity contribution in [2.75, 3.05) is 40.7 Å². The number of nitrogens with one attached hydrogen (secondary N) is 1. The van der Waals surface area contributed by atoms with Gasteiger partial charge in [0, 0.05) is 38.1 Å². The molecule has 3 aromatic rings. The Bertz CT molecular complexity index is 1280. The van der Waals surface area contributed by atoms with Crippen molar-refractivity contribution < 1.29 is 22.7 Å². The van der Waals surface area contributed by atoms with Crippen LogP contribution in [0, 0.1) is 12.7 Å². The third-order valence-electron chi connectivity index (χ3n) is 5.51. The fourth-order valence-corrected chi connectivity index (χ4v) is 5.14. The van der Waals surface area contributed by atoms with Crippen LogP contribution in [0.5, 0.6) is 0 Å². The Balaban J connectivity index is 1.55. The lowest BCUT2D eigenvalue weighted by Gasteiger charge is -2.37. The number of halogens is 1. The Kier molecular flexibility index (Phi) is 6.19. The molecule has 0 unspecified atom stereocenters. The second-order valence-corrected chi connectivity index (χ2v) is 9.37. The number of sulfonamides is 1. The number of aromatic nitrogens is 1. The first-order valence-corrected chi connectivity index (χ1v) is 11.8. The predicted octanol–water partition coefficient (Wildman–Crippen LogP) is 3.35. The van der Waals surface area contributed by atoms with E-state index in [1.807, 2.05) is 23.1 Å². The largest absolute Gasteiger partial charge is 0.478 e. The molecule has 1 aromatic heterocycles. The summed E-state index contributed by atoms with van der Waals surface area (Å²) in [5.74, 6) is -0.972. The van der Waals surface area contributed by atoms with Crippen LogP contribution in [0.3, 0.4) is 0 Å². The first-order valence-electron chi connectivity index (χ1n) is 10.3. The topological polar surface area (TPSA) is 103 Å². The fraction of sp³-hybridized carbons (Fsp3) is 0.217. The van der Waals surface area contributed by atoms with Crippen molar-refractivity contribution in [3.05, 3.63) is 77.7 Å². The van der Waals surface area contributed by atoms with Gasteiger partial charge in [0.2, 0.25) is 0 Å². The number of pyridine rings is 1. The molecule has 0 saturated carbocycles. The molecule has 10 heteroatoms. The number of hydrogen-bond acceptors (Lipinski definition) is 6. The molecule has 0 bridgehead atoms. The molecular formula is C23H23FN4O4S. The van der Waals surface area contributed by atoms with E-state index in [1.54, 1.807) is 19.2 Å². The molecule has 0 radical (unpaired) electrons. The van der Waals surface area contributed by atoms with Crippen molar-refractivity contribution in [1.29, 1.82) is 0 Å². The molecular weight excluding hydrogens is 447 g/mol. The summed E-state index contributed by atoms with van der Waals surface area (Å²) in [5, 5.41) is 9.77. The van der Waals surface area contributed by atoms with Crippen LogP contribution in [-0.4, -0.2) is 50.7 Å². The Morgan fingerprint density at radius 3 is 2.42 bits per heavy atom. The van der Waals surface area contributed by atoms with Crippen LogP contribution >= 0.6 is 0 Å². The summed E-state index contributed by atoms with van der Waals surface area (Å²) >= 11 is 0. The van der Waals surface area contributed by atoms with Gasteiger partial charge in [-0.3, -0.25) is 4.72 Å². The van der Waals surface area contributed by atoms with Crippen LogP contribution in [0.2, 0.25) is 0 Å². The second-order valence-electron chi connectivity index (χ2n) is 7.71. The zero-order chi connectivity index (χ0) is 23.6. The Labute approximate surface area is 191 Å². The number of rotatable bonds is 6. The van der Waals surface area contributed by atoms with Crippen molar-refractivity contribution in [2.24, 2.45) is 0 Å². The SMILES string of the molecule is Cc1ccc(F)cc1S(=O)(=O)Nc1ccc(N2CCN(c3ccccn3)CC2)c(C(=O)O)c1. The first kappa shape index (κ1) is 22.5. The Morgan fingerprint density at radius 1 is 1.03 bits per heavy atom. The smallest absolute Gasteiger partial charge is 0.337 e. The van der Waals surface area contributed by atoms with E-state index in [2.05, 4.69) is 14.6 Å². The minimum absolute atomic E-state index is 0.0162. The second kappa shape index (κ2) is 9.07. The van der Waals surface area contributed by atoms with E-state index >= 15 is 0 Å². The number of carboxylic acids is 1. The van der Waals surface area contributed by atoms with Crippen molar-refractivity contribution in [3.8, 4) is 0 Å². The van der Waals surface area contributed by atoms with E-state index in [0.717, 1.165) is 11.9 Å². The van der Waals surface area contributed by atoms with Crippen LogP contribution in [0.15, 0.2) is 65.7 Å². The summed E-state index contributed by atoms with van der Waals surface area (Å²) in [6.45, 7) is 4.08. The average molecular weight is 471 g/mol. The third-order valence-corrected chi connectivity index (χ3v) is 7.04. The number of aromatic carboxylic acids is 1. The number of aryl methyl sites for hydroxylation is 1. The Morgan fingerprint density at radius 2 is 1.76 bits per heavy atom. The number of benzene rings is 2. The van der Waals surface area contributed by atoms with Gasteiger partial charge in [-0.15, -0.1) is 0 Å². The highest BCUT2D eigenvalue weighted by Crippen LogP contribution is 2.28. The van der Waals surface area contributed by atoms with Crippen LogP contribution in [-0.2, 0) is 10.0 Å². The number of carbonyl (C=O) groups is 1. The maximum Gasteiger partial charge on any atom is 0.337 e. The van der Waals surface area contributed by atoms with Crippen molar-refractivity contribution in [3.63, 3.8) is 0 Å². The van der Waals surface area contributed by atoms with E-state index in [4.69, 9.17) is 0 Å². The molecule has 33 heavy (non-hydrogen) atoms. The average Bonchev–Trinajstić information content (AvgIpc) is 2.81. The Hall–Kier alpha value is -3.66. The van der Waals surface area contributed by atoms with Crippen LogP contribution in [0.1, 0.15) is 15.9 Å². The molecule has 2 aromatic carbocycles. The normalized spacial score (nSPS) is 14.2. The van der Waals surface area contributed by atoms with Gasteiger partial charge in [-0.25, -0.2) is 22.6 Å². The predicted molar refractivity (Wildman–Crippen MR) is 124 cm³/mol. The molecule has 2 N–H and O–H groups in total. The molecule has 0 atom stereocenters. The quantitative estimate of drug-likeness (QED) is 0.570. The van der Waals surface area contributed by atoms with Gasteiger partial charge in [0.1, 0.15) is 11.6 Å². The monoisotopic (exact) mass is 470 g/mol. The standard InChI is InChI=1S/C23H23FN4O4S/c1-16-5-6-17(24)14-21(16)33(31,32)26-18-7-8-20(19(15-18)23(29)30)27-10-12-28(13-11-27)22-4-2-3-9-25-22/h2-9,14-15,26H,10-13H2,1H3,(H,29,30). The van der Waals surface area contributed by atoms with Crippen LogP contribution in [0.25, 0.3) is 0 Å². The van der Waals surface area contributed by atoms with Gasteiger partial charge in [0.05, 0.1) is 16.1 Å². The summed E-state index contributed by atoms with van der Waals surface area (Å²) in [5.41, 5.74) is 0.960.